The van der Waals surface area contributed by atoms with Crippen LogP contribution < -0.4 is 0 Å². The number of hydrogen-bond donors (Lipinski definition) is 2. The second kappa shape index (κ2) is 8.73. The van der Waals surface area contributed by atoms with Crippen molar-refractivity contribution in [1.29, 1.82) is 0 Å². The lowest BCUT2D eigenvalue weighted by atomic mass is 9.97. The SMILES string of the molecule is CC(=O)C(CCCCCCCC(=O)O)C(=O)O. The van der Waals surface area contributed by atoms with Crippen molar-refractivity contribution >= 4 is 17.7 Å². The first-order chi connectivity index (χ1) is 7.95. The lowest BCUT2D eigenvalue weighted by molar-refractivity contribution is -0.146. The molecule has 17 heavy (non-hydrogen) atoms. The van der Waals surface area contributed by atoms with E-state index in [0.29, 0.717) is 19.3 Å². The number of carbonyl (C=O) groups excluding carboxylic acids is 1. The van der Waals surface area contributed by atoms with Crippen LogP contribution in [-0.2, 0) is 14.4 Å². The Morgan fingerprint density at radius 2 is 1.47 bits per heavy atom. The number of carbonyl (C=O) groups is 3. The van der Waals surface area contributed by atoms with Gasteiger partial charge in [0.15, 0.2) is 0 Å². The van der Waals surface area contributed by atoms with Crippen LogP contribution in [0.5, 0.6) is 0 Å². The standard InChI is InChI=1S/C12H20O5/c1-9(13)10(12(16)17)7-5-3-2-4-6-8-11(14)15/h10H,2-8H2,1H3,(H,14,15)(H,16,17). The van der Waals surface area contributed by atoms with Gasteiger partial charge in [0, 0.05) is 6.42 Å². The highest BCUT2D eigenvalue weighted by Crippen LogP contribution is 2.13. The fourth-order valence-corrected chi connectivity index (χ4v) is 1.66. The summed E-state index contributed by atoms with van der Waals surface area (Å²) in [5, 5.41) is 17.2. The Morgan fingerprint density at radius 1 is 0.941 bits per heavy atom. The highest BCUT2D eigenvalue weighted by atomic mass is 16.4. The van der Waals surface area contributed by atoms with Gasteiger partial charge in [-0.2, -0.15) is 0 Å². The van der Waals surface area contributed by atoms with Gasteiger partial charge in [0.25, 0.3) is 0 Å². The normalized spacial score (nSPS) is 12.1. The highest BCUT2D eigenvalue weighted by molar-refractivity contribution is 5.96. The van der Waals surface area contributed by atoms with Crippen LogP contribution in [-0.4, -0.2) is 27.9 Å². The first-order valence-electron chi connectivity index (χ1n) is 5.90. The van der Waals surface area contributed by atoms with Crippen molar-refractivity contribution in [3.63, 3.8) is 0 Å². The second-order valence-corrected chi connectivity index (χ2v) is 4.20. The minimum atomic E-state index is -1.05. The Hall–Kier alpha value is -1.39. The number of Topliss-reactive ketones (excluding diaryl/α,β-unsaturated/α-hetero) is 1. The van der Waals surface area contributed by atoms with Gasteiger partial charge in [-0.3, -0.25) is 14.4 Å². The van der Waals surface area contributed by atoms with Gasteiger partial charge in [0.1, 0.15) is 11.7 Å². The number of carboxylic acid groups (broad SMARTS) is 2. The molecule has 1 unspecified atom stereocenters. The monoisotopic (exact) mass is 244 g/mol. The number of hydrogen-bond acceptors (Lipinski definition) is 3. The van der Waals surface area contributed by atoms with Crippen molar-refractivity contribution in [1.82, 2.24) is 0 Å². The minimum Gasteiger partial charge on any atom is -0.481 e. The molecule has 2 N–H and O–H groups in total. The Balaban J connectivity index is 3.53. The van der Waals surface area contributed by atoms with E-state index in [1.165, 1.54) is 6.92 Å². The van der Waals surface area contributed by atoms with Crippen molar-refractivity contribution in [2.45, 2.75) is 51.9 Å². The van der Waals surface area contributed by atoms with Crippen LogP contribution in [0.15, 0.2) is 0 Å². The Bertz CT molecular complexity index is 258. The third kappa shape index (κ3) is 8.42. The van der Waals surface area contributed by atoms with Crippen molar-refractivity contribution in [2.75, 3.05) is 0 Å². The summed E-state index contributed by atoms with van der Waals surface area (Å²) >= 11 is 0. The van der Waals surface area contributed by atoms with E-state index in [4.69, 9.17) is 10.2 Å². The topological polar surface area (TPSA) is 91.7 Å². The molecule has 0 saturated carbocycles. The molecule has 0 aliphatic carbocycles. The van der Waals surface area contributed by atoms with Gasteiger partial charge in [0.2, 0.25) is 0 Å². The summed E-state index contributed by atoms with van der Waals surface area (Å²) in [4.78, 5) is 31.9. The Kier molecular flexibility index (Phi) is 8.01. The fraction of sp³-hybridized carbons (Fsp3) is 0.750. The lowest BCUT2D eigenvalue weighted by Crippen LogP contribution is -2.21. The van der Waals surface area contributed by atoms with E-state index < -0.39 is 17.9 Å². The largest absolute Gasteiger partial charge is 0.481 e. The summed E-state index contributed by atoms with van der Waals surface area (Å²) in [5.74, 6) is -3.02. The lowest BCUT2D eigenvalue weighted by Gasteiger charge is -2.07. The van der Waals surface area contributed by atoms with Gasteiger partial charge in [-0.15, -0.1) is 0 Å². The van der Waals surface area contributed by atoms with E-state index in [-0.39, 0.29) is 12.2 Å². The Labute approximate surface area is 101 Å². The first-order valence-corrected chi connectivity index (χ1v) is 5.90. The maximum Gasteiger partial charge on any atom is 0.314 e. The van der Waals surface area contributed by atoms with Gasteiger partial charge >= 0.3 is 11.9 Å². The average molecular weight is 244 g/mol. The van der Waals surface area contributed by atoms with Crippen molar-refractivity contribution < 1.29 is 24.6 Å². The average Bonchev–Trinajstić information content (AvgIpc) is 2.20. The molecule has 0 aliphatic rings. The fourth-order valence-electron chi connectivity index (χ4n) is 1.66. The van der Waals surface area contributed by atoms with Crippen molar-refractivity contribution in [2.24, 2.45) is 5.92 Å². The second-order valence-electron chi connectivity index (χ2n) is 4.20. The predicted octanol–water partition coefficient (Wildman–Crippen LogP) is 2.09. The van der Waals surface area contributed by atoms with E-state index in [0.717, 1.165) is 19.3 Å². The molecule has 0 aliphatic heterocycles. The Morgan fingerprint density at radius 3 is 1.94 bits per heavy atom. The summed E-state index contributed by atoms with van der Waals surface area (Å²) in [6.07, 6.45) is 4.49. The van der Waals surface area contributed by atoms with Crippen LogP contribution in [0.25, 0.3) is 0 Å². The molecule has 0 aromatic carbocycles. The van der Waals surface area contributed by atoms with Crippen LogP contribution in [0.2, 0.25) is 0 Å². The minimum absolute atomic E-state index is 0.186. The molecule has 0 rings (SSSR count). The maximum absolute atomic E-state index is 11.0. The smallest absolute Gasteiger partial charge is 0.314 e. The highest BCUT2D eigenvalue weighted by Gasteiger charge is 2.21. The summed E-state index contributed by atoms with van der Waals surface area (Å²) in [6.45, 7) is 1.30. The molecule has 0 fully saturated rings. The molecule has 0 spiro atoms. The van der Waals surface area contributed by atoms with E-state index in [1.807, 2.05) is 0 Å². The molecule has 0 amide bonds. The molecule has 0 heterocycles. The molecule has 5 nitrogen and oxygen atoms in total. The third-order valence-electron chi connectivity index (χ3n) is 2.67. The number of rotatable bonds is 10. The molecule has 0 saturated heterocycles. The molecular weight excluding hydrogens is 224 g/mol. The van der Waals surface area contributed by atoms with Crippen molar-refractivity contribution in [3.05, 3.63) is 0 Å². The van der Waals surface area contributed by atoms with Gasteiger partial charge in [-0.05, 0) is 19.8 Å². The van der Waals surface area contributed by atoms with Crippen molar-refractivity contribution in [3.8, 4) is 0 Å². The summed E-state index contributed by atoms with van der Waals surface area (Å²) < 4.78 is 0. The maximum atomic E-state index is 11.0. The summed E-state index contributed by atoms with van der Waals surface area (Å²) in [7, 11) is 0. The zero-order chi connectivity index (χ0) is 13.3. The van der Waals surface area contributed by atoms with Crippen LogP contribution >= 0.6 is 0 Å². The van der Waals surface area contributed by atoms with Gasteiger partial charge in [-0.25, -0.2) is 0 Å². The zero-order valence-electron chi connectivity index (χ0n) is 10.1. The predicted molar refractivity (Wildman–Crippen MR) is 61.8 cm³/mol. The summed E-state index contributed by atoms with van der Waals surface area (Å²) in [6, 6.07) is 0. The van der Waals surface area contributed by atoms with E-state index >= 15 is 0 Å². The van der Waals surface area contributed by atoms with Crippen LogP contribution in [0.3, 0.4) is 0 Å². The number of aliphatic carboxylic acids is 2. The molecular formula is C12H20O5. The molecule has 0 aromatic rings. The van der Waals surface area contributed by atoms with Gasteiger partial charge < -0.3 is 10.2 Å². The number of carboxylic acids is 2. The van der Waals surface area contributed by atoms with E-state index in [9.17, 15) is 14.4 Å². The molecule has 0 bridgehead atoms. The summed E-state index contributed by atoms with van der Waals surface area (Å²) in [5.41, 5.74) is 0. The van der Waals surface area contributed by atoms with Crippen LogP contribution in [0.4, 0.5) is 0 Å². The molecule has 5 heteroatoms. The van der Waals surface area contributed by atoms with E-state index in [2.05, 4.69) is 0 Å². The molecule has 0 aromatic heterocycles. The molecule has 98 valence electrons. The third-order valence-corrected chi connectivity index (χ3v) is 2.67. The first kappa shape index (κ1) is 15.6. The molecule has 0 radical (unpaired) electrons. The van der Waals surface area contributed by atoms with E-state index in [1.54, 1.807) is 0 Å². The van der Waals surface area contributed by atoms with Crippen LogP contribution in [0, 0.1) is 5.92 Å². The molecule has 1 atom stereocenters. The number of unbranched alkanes of at least 4 members (excludes halogenated alkanes) is 4. The number of ketones is 1. The van der Waals surface area contributed by atoms with Gasteiger partial charge in [-0.1, -0.05) is 25.7 Å². The van der Waals surface area contributed by atoms with Gasteiger partial charge in [0.05, 0.1) is 0 Å². The van der Waals surface area contributed by atoms with Crippen LogP contribution in [0.1, 0.15) is 51.9 Å². The zero-order valence-corrected chi connectivity index (χ0v) is 10.1. The quantitative estimate of drug-likeness (QED) is 0.453.